The van der Waals surface area contributed by atoms with Crippen molar-refractivity contribution >= 4 is 17.1 Å². The van der Waals surface area contributed by atoms with Gasteiger partial charge in [-0.25, -0.2) is 0 Å². The summed E-state index contributed by atoms with van der Waals surface area (Å²) in [5.41, 5.74) is 1.65. The van der Waals surface area contributed by atoms with Crippen molar-refractivity contribution in [2.75, 3.05) is 0 Å². The van der Waals surface area contributed by atoms with E-state index in [9.17, 15) is 13.6 Å². The Morgan fingerprint density at radius 1 is 1.21 bits per heavy atom. The van der Waals surface area contributed by atoms with Crippen molar-refractivity contribution < 1.29 is 18.3 Å². The van der Waals surface area contributed by atoms with E-state index in [1.54, 1.807) is 11.3 Å². The zero-order chi connectivity index (χ0) is 13.7. The second-order valence-electron chi connectivity index (χ2n) is 3.96. The molecule has 19 heavy (non-hydrogen) atoms. The Morgan fingerprint density at radius 2 is 1.95 bits per heavy atom. The summed E-state index contributed by atoms with van der Waals surface area (Å²) in [6.45, 7) is -2.85. The summed E-state index contributed by atoms with van der Waals surface area (Å²) >= 11 is 1.60. The van der Waals surface area contributed by atoms with Crippen LogP contribution in [-0.2, 0) is 6.42 Å². The SMILES string of the molecule is O=C(CCc1ccsc1)c1ccc(OC(F)F)cc1. The molecule has 0 fully saturated rings. The number of alkyl halides is 2. The second-order valence-corrected chi connectivity index (χ2v) is 4.74. The quantitative estimate of drug-likeness (QED) is 0.743. The van der Waals surface area contributed by atoms with Crippen molar-refractivity contribution in [1.29, 1.82) is 0 Å². The number of hydrogen-bond donors (Lipinski definition) is 0. The zero-order valence-corrected chi connectivity index (χ0v) is 10.8. The smallest absolute Gasteiger partial charge is 0.387 e. The summed E-state index contributed by atoms with van der Waals surface area (Å²) in [7, 11) is 0. The topological polar surface area (TPSA) is 26.3 Å². The molecule has 0 aliphatic rings. The fourth-order valence-corrected chi connectivity index (χ4v) is 2.36. The maximum absolute atomic E-state index is 12.0. The molecule has 0 saturated heterocycles. The molecule has 2 nitrogen and oxygen atoms in total. The number of rotatable bonds is 6. The molecule has 1 aromatic heterocycles. The lowest BCUT2D eigenvalue weighted by molar-refractivity contribution is -0.0498. The lowest BCUT2D eigenvalue weighted by Gasteiger charge is -2.05. The Hall–Kier alpha value is -1.75. The summed E-state index contributed by atoms with van der Waals surface area (Å²) < 4.78 is 28.2. The van der Waals surface area contributed by atoms with Crippen LogP contribution < -0.4 is 4.74 Å². The summed E-state index contributed by atoms with van der Waals surface area (Å²) in [5, 5.41) is 3.98. The maximum Gasteiger partial charge on any atom is 0.387 e. The number of ether oxygens (including phenoxy) is 1. The van der Waals surface area contributed by atoms with Crippen molar-refractivity contribution in [3.05, 3.63) is 52.2 Å². The Bertz CT molecular complexity index is 521. The van der Waals surface area contributed by atoms with Gasteiger partial charge in [0.15, 0.2) is 5.78 Å². The van der Waals surface area contributed by atoms with Crippen LogP contribution in [0.5, 0.6) is 5.75 Å². The highest BCUT2D eigenvalue weighted by Crippen LogP contribution is 2.17. The molecule has 5 heteroatoms. The van der Waals surface area contributed by atoms with E-state index in [1.165, 1.54) is 24.3 Å². The number of Topliss-reactive ketones (excluding diaryl/α,β-unsaturated/α-hetero) is 1. The number of ketones is 1. The number of aryl methyl sites for hydroxylation is 1. The summed E-state index contributed by atoms with van der Waals surface area (Å²) in [5.74, 6) is 0.0548. The standard InChI is InChI=1S/C14H12F2O2S/c15-14(16)18-12-4-2-11(3-5-12)13(17)6-1-10-7-8-19-9-10/h2-5,7-9,14H,1,6H2. The normalized spacial score (nSPS) is 10.7. The van der Waals surface area contributed by atoms with Crippen LogP contribution in [0.1, 0.15) is 22.3 Å². The Labute approximate surface area is 113 Å². The third kappa shape index (κ3) is 4.13. The van der Waals surface area contributed by atoms with Gasteiger partial charge < -0.3 is 4.74 Å². The van der Waals surface area contributed by atoms with Gasteiger partial charge in [-0.05, 0) is 53.1 Å². The lowest BCUT2D eigenvalue weighted by Crippen LogP contribution is -2.03. The van der Waals surface area contributed by atoms with E-state index in [0.29, 0.717) is 18.4 Å². The van der Waals surface area contributed by atoms with Gasteiger partial charge in [0.25, 0.3) is 0 Å². The largest absolute Gasteiger partial charge is 0.435 e. The first-order valence-electron chi connectivity index (χ1n) is 5.74. The fraction of sp³-hybridized carbons (Fsp3) is 0.214. The third-order valence-corrected chi connectivity index (χ3v) is 3.35. The molecule has 0 saturated carbocycles. The van der Waals surface area contributed by atoms with E-state index >= 15 is 0 Å². The Balaban J connectivity index is 1.92. The number of halogens is 2. The molecule has 1 aromatic carbocycles. The molecule has 0 atom stereocenters. The third-order valence-electron chi connectivity index (χ3n) is 2.62. The molecular weight excluding hydrogens is 270 g/mol. The average Bonchev–Trinajstić information content (AvgIpc) is 2.89. The van der Waals surface area contributed by atoms with Crippen LogP contribution >= 0.6 is 11.3 Å². The molecule has 2 rings (SSSR count). The fourth-order valence-electron chi connectivity index (χ4n) is 1.66. The van der Waals surface area contributed by atoms with Gasteiger partial charge in [-0.1, -0.05) is 0 Å². The van der Waals surface area contributed by atoms with E-state index in [2.05, 4.69) is 4.74 Å². The predicted octanol–water partition coefficient (Wildman–Crippen LogP) is 4.17. The first-order valence-corrected chi connectivity index (χ1v) is 6.68. The van der Waals surface area contributed by atoms with E-state index in [1.807, 2.05) is 16.8 Å². The number of carbonyl (C=O) groups is 1. The summed E-state index contributed by atoms with van der Waals surface area (Å²) in [6.07, 6.45) is 1.10. The highest BCUT2D eigenvalue weighted by Gasteiger charge is 2.08. The average molecular weight is 282 g/mol. The zero-order valence-electron chi connectivity index (χ0n) is 10.0. The minimum Gasteiger partial charge on any atom is -0.435 e. The van der Waals surface area contributed by atoms with Crippen molar-refractivity contribution in [1.82, 2.24) is 0 Å². The second kappa shape index (κ2) is 6.43. The predicted molar refractivity (Wildman–Crippen MR) is 70.0 cm³/mol. The minimum atomic E-state index is -2.85. The summed E-state index contributed by atoms with van der Waals surface area (Å²) in [6, 6.07) is 7.76. The molecule has 0 amide bonds. The van der Waals surface area contributed by atoms with Gasteiger partial charge in [0.2, 0.25) is 0 Å². The summed E-state index contributed by atoms with van der Waals surface area (Å²) in [4.78, 5) is 11.9. The van der Waals surface area contributed by atoms with E-state index in [4.69, 9.17) is 0 Å². The molecule has 0 N–H and O–H groups in total. The van der Waals surface area contributed by atoms with Crippen LogP contribution in [0.2, 0.25) is 0 Å². The van der Waals surface area contributed by atoms with Crippen LogP contribution in [0.3, 0.4) is 0 Å². The van der Waals surface area contributed by atoms with Crippen LogP contribution in [0.25, 0.3) is 0 Å². The molecular formula is C14H12F2O2S. The molecule has 0 aliphatic heterocycles. The van der Waals surface area contributed by atoms with Crippen molar-refractivity contribution in [2.24, 2.45) is 0 Å². The van der Waals surface area contributed by atoms with Crippen LogP contribution in [0, 0.1) is 0 Å². The minimum absolute atomic E-state index is 0.00482. The van der Waals surface area contributed by atoms with Gasteiger partial charge in [-0.3, -0.25) is 4.79 Å². The van der Waals surface area contributed by atoms with E-state index < -0.39 is 6.61 Å². The Morgan fingerprint density at radius 3 is 2.53 bits per heavy atom. The van der Waals surface area contributed by atoms with Crippen molar-refractivity contribution in [2.45, 2.75) is 19.5 Å². The Kier molecular flexibility index (Phi) is 4.63. The molecule has 0 unspecified atom stereocenters. The van der Waals surface area contributed by atoms with Gasteiger partial charge in [-0.15, -0.1) is 0 Å². The number of thiophene rings is 1. The number of carbonyl (C=O) groups excluding carboxylic acids is 1. The monoisotopic (exact) mass is 282 g/mol. The van der Waals surface area contributed by atoms with E-state index in [-0.39, 0.29) is 11.5 Å². The van der Waals surface area contributed by atoms with Crippen molar-refractivity contribution in [3.63, 3.8) is 0 Å². The first-order chi connectivity index (χ1) is 9.15. The molecule has 2 aromatic rings. The van der Waals surface area contributed by atoms with Gasteiger partial charge in [0, 0.05) is 12.0 Å². The molecule has 0 aliphatic carbocycles. The number of hydrogen-bond acceptors (Lipinski definition) is 3. The molecule has 100 valence electrons. The van der Waals surface area contributed by atoms with Gasteiger partial charge in [0.05, 0.1) is 0 Å². The maximum atomic E-state index is 12.0. The highest BCUT2D eigenvalue weighted by molar-refractivity contribution is 7.07. The first kappa shape index (κ1) is 13.7. The highest BCUT2D eigenvalue weighted by atomic mass is 32.1. The molecule has 0 radical (unpaired) electrons. The lowest BCUT2D eigenvalue weighted by atomic mass is 10.0. The number of benzene rings is 1. The van der Waals surface area contributed by atoms with Gasteiger partial charge in [0.1, 0.15) is 5.75 Å². The van der Waals surface area contributed by atoms with Crippen LogP contribution in [-0.4, -0.2) is 12.4 Å². The molecule has 1 heterocycles. The van der Waals surface area contributed by atoms with Crippen LogP contribution in [0.15, 0.2) is 41.1 Å². The van der Waals surface area contributed by atoms with Gasteiger partial charge in [-0.2, -0.15) is 20.1 Å². The van der Waals surface area contributed by atoms with Crippen LogP contribution in [0.4, 0.5) is 8.78 Å². The van der Waals surface area contributed by atoms with E-state index in [0.717, 1.165) is 5.56 Å². The van der Waals surface area contributed by atoms with Crippen molar-refractivity contribution in [3.8, 4) is 5.75 Å². The molecule has 0 spiro atoms. The van der Waals surface area contributed by atoms with Gasteiger partial charge >= 0.3 is 6.61 Å². The molecule has 0 bridgehead atoms.